The summed E-state index contributed by atoms with van der Waals surface area (Å²) in [6.45, 7) is 5.73. The zero-order valence-corrected chi connectivity index (χ0v) is 15.9. The molecule has 3 N–H and O–H groups in total. The fourth-order valence-electron chi connectivity index (χ4n) is 1.90. The molecule has 0 saturated carbocycles. The second-order valence-corrected chi connectivity index (χ2v) is 6.27. The molecular formula is C15H29Cl2N3OS. The van der Waals surface area contributed by atoms with Crippen LogP contribution >= 0.6 is 36.2 Å². The van der Waals surface area contributed by atoms with Gasteiger partial charge in [0.25, 0.3) is 0 Å². The highest BCUT2D eigenvalue weighted by Crippen LogP contribution is 2.19. The molecule has 0 unspecified atom stereocenters. The van der Waals surface area contributed by atoms with Gasteiger partial charge < -0.3 is 11.1 Å². The molecule has 0 bridgehead atoms. The van der Waals surface area contributed by atoms with Crippen LogP contribution in [0.4, 0.5) is 0 Å². The third-order valence-corrected chi connectivity index (χ3v) is 4.32. The van der Waals surface area contributed by atoms with Crippen LogP contribution in [0.3, 0.4) is 0 Å². The van der Waals surface area contributed by atoms with Gasteiger partial charge in [-0.25, -0.2) is 4.98 Å². The lowest BCUT2D eigenvalue weighted by atomic mass is 10.1. The van der Waals surface area contributed by atoms with Crippen LogP contribution in [0, 0.1) is 0 Å². The molecule has 1 amide bonds. The van der Waals surface area contributed by atoms with Crippen LogP contribution < -0.4 is 11.1 Å². The Balaban J connectivity index is 0. The van der Waals surface area contributed by atoms with E-state index in [1.165, 1.54) is 5.01 Å². The Morgan fingerprint density at radius 2 is 1.95 bits per heavy atom. The maximum atomic E-state index is 11.6. The molecule has 4 nitrogen and oxygen atoms in total. The smallest absolute Gasteiger partial charge is 0.220 e. The van der Waals surface area contributed by atoms with Crippen molar-refractivity contribution in [2.24, 2.45) is 5.73 Å². The van der Waals surface area contributed by atoms with Crippen LogP contribution in [-0.4, -0.2) is 24.0 Å². The minimum Gasteiger partial charge on any atom is -0.356 e. The van der Waals surface area contributed by atoms with Gasteiger partial charge in [-0.05, 0) is 19.4 Å². The van der Waals surface area contributed by atoms with Crippen LogP contribution in [0.2, 0.25) is 0 Å². The van der Waals surface area contributed by atoms with E-state index >= 15 is 0 Å². The number of nitrogens with two attached hydrogens (primary N) is 1. The number of thiazole rings is 1. The first kappa shape index (κ1) is 23.9. The molecule has 7 heteroatoms. The standard InChI is InChI=1S/C15H27N3OS.2ClH/c1-12(2)15-18-13(11-20-15)8-10-17-14(19)7-5-3-4-6-9-16;;/h11-12H,3-10,16H2,1-2H3,(H,17,19);2*1H. The summed E-state index contributed by atoms with van der Waals surface area (Å²) in [6.07, 6.45) is 5.68. The molecule has 0 aromatic carbocycles. The second kappa shape index (κ2) is 14.2. The van der Waals surface area contributed by atoms with Gasteiger partial charge in [-0.2, -0.15) is 0 Å². The van der Waals surface area contributed by atoms with Crippen LogP contribution in [-0.2, 0) is 11.2 Å². The van der Waals surface area contributed by atoms with Gasteiger partial charge in [0.2, 0.25) is 5.91 Å². The average Bonchev–Trinajstić information content (AvgIpc) is 2.87. The van der Waals surface area contributed by atoms with Crippen molar-refractivity contribution in [1.29, 1.82) is 0 Å². The minimum atomic E-state index is 0. The number of halogens is 2. The predicted molar refractivity (Wildman–Crippen MR) is 99.6 cm³/mol. The number of rotatable bonds is 10. The number of amides is 1. The Hall–Kier alpha value is -0.360. The zero-order valence-electron chi connectivity index (χ0n) is 13.5. The topological polar surface area (TPSA) is 68.0 Å². The molecule has 130 valence electrons. The predicted octanol–water partition coefficient (Wildman–Crippen LogP) is 3.68. The van der Waals surface area contributed by atoms with E-state index in [1.54, 1.807) is 11.3 Å². The summed E-state index contributed by atoms with van der Waals surface area (Å²) in [5.41, 5.74) is 6.51. The van der Waals surface area contributed by atoms with Gasteiger partial charge >= 0.3 is 0 Å². The fraction of sp³-hybridized carbons (Fsp3) is 0.733. The summed E-state index contributed by atoms with van der Waals surface area (Å²) in [7, 11) is 0. The number of nitrogens with zero attached hydrogens (tertiary/aromatic N) is 1. The first-order chi connectivity index (χ1) is 9.63. The van der Waals surface area contributed by atoms with Gasteiger partial charge in [0, 0.05) is 30.7 Å². The number of carbonyl (C=O) groups excluding carboxylic acids is 1. The summed E-state index contributed by atoms with van der Waals surface area (Å²) in [5, 5.41) is 6.23. The van der Waals surface area contributed by atoms with E-state index in [4.69, 9.17) is 5.73 Å². The largest absolute Gasteiger partial charge is 0.356 e. The van der Waals surface area contributed by atoms with E-state index in [-0.39, 0.29) is 30.7 Å². The van der Waals surface area contributed by atoms with E-state index in [0.717, 1.165) is 44.3 Å². The fourth-order valence-corrected chi connectivity index (χ4v) is 2.77. The molecular weight excluding hydrogens is 341 g/mol. The van der Waals surface area contributed by atoms with Crippen LogP contribution in [0.1, 0.15) is 62.6 Å². The van der Waals surface area contributed by atoms with Crippen molar-refractivity contribution in [3.8, 4) is 0 Å². The molecule has 0 aliphatic rings. The van der Waals surface area contributed by atoms with Crippen LogP contribution in [0.5, 0.6) is 0 Å². The van der Waals surface area contributed by atoms with E-state index in [1.807, 2.05) is 0 Å². The normalized spacial score (nSPS) is 10.0. The highest BCUT2D eigenvalue weighted by Gasteiger charge is 2.06. The lowest BCUT2D eigenvalue weighted by Gasteiger charge is -2.04. The Morgan fingerprint density at radius 3 is 2.55 bits per heavy atom. The van der Waals surface area contributed by atoms with Gasteiger partial charge in [-0.3, -0.25) is 4.79 Å². The number of unbranched alkanes of at least 4 members (excludes halogenated alkanes) is 3. The summed E-state index contributed by atoms with van der Waals surface area (Å²) in [5.74, 6) is 0.633. The Kier molecular flexibility index (Phi) is 15.5. The number of nitrogens with one attached hydrogen (secondary N) is 1. The van der Waals surface area contributed by atoms with Gasteiger partial charge in [-0.15, -0.1) is 36.2 Å². The van der Waals surface area contributed by atoms with Gasteiger partial charge in [-0.1, -0.05) is 26.7 Å². The molecule has 0 saturated heterocycles. The number of carbonyl (C=O) groups is 1. The van der Waals surface area contributed by atoms with E-state index < -0.39 is 0 Å². The lowest BCUT2D eigenvalue weighted by Crippen LogP contribution is -2.25. The lowest BCUT2D eigenvalue weighted by molar-refractivity contribution is -0.121. The van der Waals surface area contributed by atoms with Gasteiger partial charge in [0.1, 0.15) is 0 Å². The van der Waals surface area contributed by atoms with Gasteiger partial charge in [0.15, 0.2) is 0 Å². The molecule has 1 rings (SSSR count). The van der Waals surface area contributed by atoms with Gasteiger partial charge in [0.05, 0.1) is 10.7 Å². The highest BCUT2D eigenvalue weighted by atomic mass is 35.5. The Bertz CT molecular complexity index is 400. The molecule has 1 aromatic rings. The molecule has 1 heterocycles. The SMILES string of the molecule is CC(C)c1nc(CCNC(=O)CCCCCCN)cs1.Cl.Cl. The van der Waals surface area contributed by atoms with Crippen molar-refractivity contribution in [3.63, 3.8) is 0 Å². The molecule has 0 radical (unpaired) electrons. The number of hydrogen-bond donors (Lipinski definition) is 2. The zero-order chi connectivity index (χ0) is 14.8. The summed E-state index contributed by atoms with van der Waals surface area (Å²) in [6, 6.07) is 0. The molecule has 0 aliphatic carbocycles. The monoisotopic (exact) mass is 369 g/mol. The summed E-state index contributed by atoms with van der Waals surface area (Å²) in [4.78, 5) is 16.2. The maximum absolute atomic E-state index is 11.6. The average molecular weight is 370 g/mol. The highest BCUT2D eigenvalue weighted by molar-refractivity contribution is 7.09. The minimum absolute atomic E-state index is 0. The van der Waals surface area contributed by atoms with E-state index in [2.05, 4.69) is 29.5 Å². The number of hydrogen-bond acceptors (Lipinski definition) is 4. The third kappa shape index (κ3) is 10.4. The van der Waals surface area contributed by atoms with Crippen molar-refractivity contribution in [3.05, 3.63) is 16.1 Å². The molecule has 1 aromatic heterocycles. The van der Waals surface area contributed by atoms with Crippen LogP contribution in [0.15, 0.2) is 5.38 Å². The van der Waals surface area contributed by atoms with Crippen molar-refractivity contribution >= 4 is 42.1 Å². The Morgan fingerprint density at radius 1 is 1.27 bits per heavy atom. The van der Waals surface area contributed by atoms with Crippen LogP contribution in [0.25, 0.3) is 0 Å². The van der Waals surface area contributed by atoms with Crippen molar-refractivity contribution in [2.75, 3.05) is 13.1 Å². The number of aromatic nitrogens is 1. The molecule has 0 fully saturated rings. The summed E-state index contributed by atoms with van der Waals surface area (Å²) < 4.78 is 0. The van der Waals surface area contributed by atoms with Crippen molar-refractivity contribution in [2.45, 2.75) is 58.3 Å². The van der Waals surface area contributed by atoms with Crippen molar-refractivity contribution < 1.29 is 4.79 Å². The Labute approximate surface area is 150 Å². The molecule has 0 atom stereocenters. The quantitative estimate of drug-likeness (QED) is 0.618. The first-order valence-corrected chi connectivity index (χ1v) is 8.42. The molecule has 0 spiro atoms. The maximum Gasteiger partial charge on any atom is 0.220 e. The summed E-state index contributed by atoms with van der Waals surface area (Å²) >= 11 is 1.70. The first-order valence-electron chi connectivity index (χ1n) is 7.54. The second-order valence-electron chi connectivity index (χ2n) is 5.38. The van der Waals surface area contributed by atoms with E-state index in [0.29, 0.717) is 18.9 Å². The van der Waals surface area contributed by atoms with Crippen molar-refractivity contribution in [1.82, 2.24) is 10.3 Å². The molecule has 0 aliphatic heterocycles. The molecule has 22 heavy (non-hydrogen) atoms. The van der Waals surface area contributed by atoms with E-state index in [9.17, 15) is 4.79 Å². The third-order valence-electron chi connectivity index (χ3n) is 3.12.